The van der Waals surface area contributed by atoms with E-state index in [0.717, 1.165) is 24.4 Å². The maximum absolute atomic E-state index is 12.1. The van der Waals surface area contributed by atoms with Crippen LogP contribution in [0, 0.1) is 0 Å². The first-order valence-electron chi connectivity index (χ1n) is 6.77. The second-order valence-electron chi connectivity index (χ2n) is 4.63. The summed E-state index contributed by atoms with van der Waals surface area (Å²) in [5.41, 5.74) is 0.919. The van der Waals surface area contributed by atoms with Crippen molar-refractivity contribution in [2.24, 2.45) is 0 Å². The zero-order valence-electron chi connectivity index (χ0n) is 12.4. The lowest BCUT2D eigenvalue weighted by atomic mass is 10.2. The molecule has 0 radical (unpaired) electrons. The summed E-state index contributed by atoms with van der Waals surface area (Å²) in [6, 6.07) is 7.45. The van der Waals surface area contributed by atoms with E-state index in [4.69, 9.17) is 4.74 Å². The van der Waals surface area contributed by atoms with Crippen LogP contribution in [0.3, 0.4) is 0 Å². The summed E-state index contributed by atoms with van der Waals surface area (Å²) in [6.45, 7) is 3.95. The van der Waals surface area contributed by atoms with Gasteiger partial charge in [0.05, 0.1) is 12.9 Å². The zero-order chi connectivity index (χ0) is 15.0. The Hall–Kier alpha value is -1.11. The molecule has 0 bridgehead atoms. The molecule has 6 heteroatoms. The maximum Gasteiger partial charge on any atom is 0.214 e. The molecular formula is C14H24N2O3S. The normalized spacial score (nSPS) is 11.8. The number of sulfonamides is 1. The lowest BCUT2D eigenvalue weighted by Gasteiger charge is -2.17. The van der Waals surface area contributed by atoms with E-state index in [1.54, 1.807) is 14.2 Å². The predicted octanol–water partition coefficient (Wildman–Crippen LogP) is 1.46. The minimum Gasteiger partial charge on any atom is -0.497 e. The Balaban J connectivity index is 2.57. The topological polar surface area (TPSA) is 58.6 Å². The lowest BCUT2D eigenvalue weighted by Crippen LogP contribution is -2.30. The van der Waals surface area contributed by atoms with Gasteiger partial charge < -0.3 is 10.1 Å². The molecule has 1 aromatic carbocycles. The molecule has 114 valence electrons. The van der Waals surface area contributed by atoms with E-state index in [-0.39, 0.29) is 5.75 Å². The van der Waals surface area contributed by atoms with Crippen LogP contribution in [0.1, 0.15) is 18.9 Å². The molecule has 0 amide bonds. The Morgan fingerprint density at radius 2 is 2.10 bits per heavy atom. The van der Waals surface area contributed by atoms with E-state index in [0.29, 0.717) is 13.0 Å². The minimum atomic E-state index is -3.21. The molecule has 0 saturated heterocycles. The van der Waals surface area contributed by atoms with Crippen molar-refractivity contribution in [2.75, 3.05) is 33.0 Å². The fraction of sp³-hybridized carbons (Fsp3) is 0.571. The molecule has 5 nitrogen and oxygen atoms in total. The van der Waals surface area contributed by atoms with Crippen molar-refractivity contribution in [1.29, 1.82) is 0 Å². The Kier molecular flexibility index (Phi) is 6.98. The molecule has 0 unspecified atom stereocenters. The fourth-order valence-corrected chi connectivity index (χ4v) is 3.01. The Bertz CT molecular complexity index is 503. The number of nitrogens with zero attached hydrogens (tertiary/aromatic N) is 1. The van der Waals surface area contributed by atoms with Crippen LogP contribution in [-0.4, -0.2) is 45.7 Å². The molecule has 0 spiro atoms. The van der Waals surface area contributed by atoms with Crippen molar-refractivity contribution >= 4 is 10.0 Å². The van der Waals surface area contributed by atoms with Crippen LogP contribution in [-0.2, 0) is 16.6 Å². The van der Waals surface area contributed by atoms with Gasteiger partial charge in [0.15, 0.2) is 0 Å². The highest BCUT2D eigenvalue weighted by Gasteiger charge is 2.17. The summed E-state index contributed by atoms with van der Waals surface area (Å²) in [7, 11) is 0.00468. The summed E-state index contributed by atoms with van der Waals surface area (Å²) in [6.07, 6.45) is 0.624. The highest BCUT2D eigenvalue weighted by molar-refractivity contribution is 7.89. The Labute approximate surface area is 122 Å². The summed E-state index contributed by atoms with van der Waals surface area (Å²) in [4.78, 5) is 0. The predicted molar refractivity (Wildman–Crippen MR) is 81.4 cm³/mol. The van der Waals surface area contributed by atoms with Crippen molar-refractivity contribution < 1.29 is 13.2 Å². The number of rotatable bonds is 9. The summed E-state index contributed by atoms with van der Waals surface area (Å²) < 4.78 is 30.8. The number of hydrogen-bond donors (Lipinski definition) is 1. The van der Waals surface area contributed by atoms with Crippen LogP contribution >= 0.6 is 0 Å². The van der Waals surface area contributed by atoms with Crippen molar-refractivity contribution in [3.8, 4) is 5.75 Å². The van der Waals surface area contributed by atoms with Crippen LogP contribution in [0.2, 0.25) is 0 Å². The van der Waals surface area contributed by atoms with Crippen LogP contribution in [0.5, 0.6) is 5.75 Å². The summed E-state index contributed by atoms with van der Waals surface area (Å²) in [5.74, 6) is 0.904. The Morgan fingerprint density at radius 3 is 2.75 bits per heavy atom. The van der Waals surface area contributed by atoms with Crippen molar-refractivity contribution in [3.63, 3.8) is 0 Å². The maximum atomic E-state index is 12.1. The number of methoxy groups -OCH3 is 1. The van der Waals surface area contributed by atoms with Gasteiger partial charge in [-0.2, -0.15) is 0 Å². The molecule has 0 atom stereocenters. The molecule has 0 aliphatic heterocycles. The third-order valence-electron chi connectivity index (χ3n) is 3.02. The van der Waals surface area contributed by atoms with Gasteiger partial charge in [-0.3, -0.25) is 0 Å². The number of nitrogens with one attached hydrogen (secondary N) is 1. The van der Waals surface area contributed by atoms with E-state index in [9.17, 15) is 8.42 Å². The summed E-state index contributed by atoms with van der Waals surface area (Å²) >= 11 is 0. The van der Waals surface area contributed by atoms with Crippen LogP contribution in [0.4, 0.5) is 0 Å². The monoisotopic (exact) mass is 300 g/mol. The first kappa shape index (κ1) is 16.9. The van der Waals surface area contributed by atoms with E-state index in [1.807, 2.05) is 31.2 Å². The zero-order valence-corrected chi connectivity index (χ0v) is 13.2. The van der Waals surface area contributed by atoms with Crippen molar-refractivity contribution in [1.82, 2.24) is 9.62 Å². The molecule has 20 heavy (non-hydrogen) atoms. The van der Waals surface area contributed by atoms with E-state index >= 15 is 0 Å². The molecule has 0 aliphatic carbocycles. The van der Waals surface area contributed by atoms with Gasteiger partial charge in [0.25, 0.3) is 0 Å². The molecule has 0 heterocycles. The SMILES string of the molecule is CCNCCCS(=O)(=O)N(C)Cc1cccc(OC)c1. The van der Waals surface area contributed by atoms with Gasteiger partial charge in [-0.15, -0.1) is 0 Å². The molecule has 0 aliphatic rings. The van der Waals surface area contributed by atoms with Gasteiger partial charge >= 0.3 is 0 Å². The van der Waals surface area contributed by atoms with Crippen molar-refractivity contribution in [3.05, 3.63) is 29.8 Å². The Morgan fingerprint density at radius 1 is 1.35 bits per heavy atom. The highest BCUT2D eigenvalue weighted by atomic mass is 32.2. The van der Waals surface area contributed by atoms with E-state index in [2.05, 4.69) is 5.32 Å². The number of ether oxygens (including phenoxy) is 1. The second-order valence-corrected chi connectivity index (χ2v) is 6.83. The van der Waals surface area contributed by atoms with Gasteiger partial charge in [0.2, 0.25) is 10.0 Å². The molecular weight excluding hydrogens is 276 g/mol. The summed E-state index contributed by atoms with van der Waals surface area (Å²) in [5, 5.41) is 3.13. The molecule has 0 saturated carbocycles. The number of benzene rings is 1. The van der Waals surface area contributed by atoms with Gasteiger partial charge in [-0.25, -0.2) is 12.7 Å². The fourth-order valence-electron chi connectivity index (χ4n) is 1.84. The first-order valence-corrected chi connectivity index (χ1v) is 8.38. The first-order chi connectivity index (χ1) is 9.49. The van der Waals surface area contributed by atoms with Gasteiger partial charge in [-0.1, -0.05) is 19.1 Å². The van der Waals surface area contributed by atoms with Gasteiger partial charge in [0.1, 0.15) is 5.75 Å². The minimum absolute atomic E-state index is 0.167. The molecule has 1 aromatic rings. The molecule has 1 rings (SSSR count). The smallest absolute Gasteiger partial charge is 0.214 e. The van der Waals surface area contributed by atoms with E-state index < -0.39 is 10.0 Å². The van der Waals surface area contributed by atoms with Crippen LogP contribution in [0.25, 0.3) is 0 Å². The average Bonchev–Trinajstić information content (AvgIpc) is 2.44. The largest absolute Gasteiger partial charge is 0.497 e. The molecule has 0 fully saturated rings. The standard InChI is InChI=1S/C14H24N2O3S/c1-4-15-9-6-10-20(17,18)16(2)12-13-7-5-8-14(11-13)19-3/h5,7-8,11,15H,4,6,9-10,12H2,1-3H3. The quantitative estimate of drug-likeness (QED) is 0.701. The number of hydrogen-bond acceptors (Lipinski definition) is 4. The third kappa shape index (κ3) is 5.48. The van der Waals surface area contributed by atoms with Crippen LogP contribution < -0.4 is 10.1 Å². The second kappa shape index (κ2) is 8.24. The van der Waals surface area contributed by atoms with Gasteiger partial charge in [0, 0.05) is 13.6 Å². The average molecular weight is 300 g/mol. The van der Waals surface area contributed by atoms with Gasteiger partial charge in [-0.05, 0) is 37.2 Å². The van der Waals surface area contributed by atoms with Crippen molar-refractivity contribution in [2.45, 2.75) is 19.9 Å². The third-order valence-corrected chi connectivity index (χ3v) is 4.90. The molecule has 0 aromatic heterocycles. The lowest BCUT2D eigenvalue weighted by molar-refractivity contribution is 0.412. The highest BCUT2D eigenvalue weighted by Crippen LogP contribution is 2.15. The molecule has 1 N–H and O–H groups in total. The van der Waals surface area contributed by atoms with Crippen LogP contribution in [0.15, 0.2) is 24.3 Å². The van der Waals surface area contributed by atoms with E-state index in [1.165, 1.54) is 4.31 Å².